The molecule has 1 heterocycles. The van der Waals surface area contributed by atoms with Gasteiger partial charge in [-0.25, -0.2) is 4.39 Å². The summed E-state index contributed by atoms with van der Waals surface area (Å²) in [5.41, 5.74) is 0.696. The van der Waals surface area contributed by atoms with Gasteiger partial charge in [-0.15, -0.1) is 10.2 Å². The number of benzene rings is 1. The van der Waals surface area contributed by atoms with Crippen molar-refractivity contribution in [2.24, 2.45) is 0 Å². The molecule has 7 nitrogen and oxygen atoms in total. The van der Waals surface area contributed by atoms with E-state index in [4.69, 9.17) is 9.47 Å². The fraction of sp³-hybridized carbons (Fsp3) is 0.375. The van der Waals surface area contributed by atoms with Crippen molar-refractivity contribution in [1.82, 2.24) is 10.2 Å². The fourth-order valence-corrected chi connectivity index (χ4v) is 3.51. The molecule has 0 saturated carbocycles. The number of aryl methyl sites for hydroxylation is 1. The highest BCUT2D eigenvalue weighted by molar-refractivity contribution is 8.01. The molecular formula is C16H18FN3O4S2. The SMILES string of the molecule is CCOC(=O)CSc1nnc(NC(=O)CCc2ccc(OC)c(F)c2)s1. The monoisotopic (exact) mass is 399 g/mol. The van der Waals surface area contributed by atoms with Crippen molar-refractivity contribution in [3.8, 4) is 5.75 Å². The van der Waals surface area contributed by atoms with E-state index in [1.54, 1.807) is 13.0 Å². The summed E-state index contributed by atoms with van der Waals surface area (Å²) < 4.78 is 23.9. The number of anilines is 1. The van der Waals surface area contributed by atoms with Crippen molar-refractivity contribution >= 4 is 40.1 Å². The largest absolute Gasteiger partial charge is 0.494 e. The second-order valence-corrected chi connectivity index (χ2v) is 7.18. The van der Waals surface area contributed by atoms with Crippen LogP contribution >= 0.6 is 23.1 Å². The number of nitrogens with one attached hydrogen (secondary N) is 1. The first-order valence-electron chi connectivity index (χ1n) is 7.76. The topological polar surface area (TPSA) is 90.4 Å². The Hall–Kier alpha value is -2.20. The molecule has 1 aromatic carbocycles. The van der Waals surface area contributed by atoms with Crippen molar-refractivity contribution < 1.29 is 23.5 Å². The van der Waals surface area contributed by atoms with Crippen LogP contribution in [0.1, 0.15) is 18.9 Å². The number of nitrogens with zero attached hydrogens (tertiary/aromatic N) is 2. The molecule has 0 saturated heterocycles. The van der Waals surface area contributed by atoms with Gasteiger partial charge in [-0.1, -0.05) is 29.2 Å². The van der Waals surface area contributed by atoms with Gasteiger partial charge in [-0.2, -0.15) is 0 Å². The van der Waals surface area contributed by atoms with E-state index in [9.17, 15) is 14.0 Å². The fourth-order valence-electron chi connectivity index (χ4n) is 1.95. The summed E-state index contributed by atoms with van der Waals surface area (Å²) in [6, 6.07) is 4.59. The second-order valence-electron chi connectivity index (χ2n) is 4.98. The first-order chi connectivity index (χ1) is 12.5. The number of aromatic nitrogens is 2. The zero-order valence-electron chi connectivity index (χ0n) is 14.3. The van der Waals surface area contributed by atoms with E-state index in [1.165, 1.54) is 42.3 Å². The number of ether oxygens (including phenoxy) is 2. The number of rotatable bonds is 9. The average Bonchev–Trinajstić information content (AvgIpc) is 3.06. The number of methoxy groups -OCH3 is 1. The summed E-state index contributed by atoms with van der Waals surface area (Å²) in [5.74, 6) is -0.735. The van der Waals surface area contributed by atoms with Gasteiger partial charge < -0.3 is 14.8 Å². The van der Waals surface area contributed by atoms with Crippen LogP contribution in [-0.2, 0) is 20.7 Å². The molecule has 0 fully saturated rings. The number of thioether (sulfide) groups is 1. The smallest absolute Gasteiger partial charge is 0.316 e. The molecule has 2 aromatic rings. The molecule has 10 heteroatoms. The number of amides is 1. The highest BCUT2D eigenvalue weighted by Crippen LogP contribution is 2.25. The van der Waals surface area contributed by atoms with Crippen LogP contribution in [0.2, 0.25) is 0 Å². The maximum absolute atomic E-state index is 13.6. The summed E-state index contributed by atoms with van der Waals surface area (Å²) in [6.45, 7) is 2.07. The summed E-state index contributed by atoms with van der Waals surface area (Å²) in [5, 5.41) is 10.7. The minimum atomic E-state index is -0.460. The Bertz CT molecular complexity index is 770. The molecule has 0 aliphatic rings. The van der Waals surface area contributed by atoms with Crippen molar-refractivity contribution in [1.29, 1.82) is 0 Å². The molecule has 1 N–H and O–H groups in total. The molecule has 0 radical (unpaired) electrons. The number of carbonyl (C=O) groups excluding carboxylic acids is 2. The molecule has 140 valence electrons. The Kier molecular flexibility index (Phi) is 7.79. The zero-order valence-corrected chi connectivity index (χ0v) is 15.9. The molecule has 0 atom stereocenters. The van der Waals surface area contributed by atoms with E-state index >= 15 is 0 Å². The predicted molar refractivity (Wildman–Crippen MR) is 97.2 cm³/mol. The van der Waals surface area contributed by atoms with Gasteiger partial charge in [-0.3, -0.25) is 9.59 Å². The van der Waals surface area contributed by atoms with Crippen molar-refractivity contribution in [2.45, 2.75) is 24.1 Å². The summed E-state index contributed by atoms with van der Waals surface area (Å²) in [6.07, 6.45) is 0.562. The Labute approximate surface area is 158 Å². The van der Waals surface area contributed by atoms with Crippen molar-refractivity contribution in [3.05, 3.63) is 29.6 Å². The van der Waals surface area contributed by atoms with Crippen LogP contribution in [0, 0.1) is 5.82 Å². The first-order valence-corrected chi connectivity index (χ1v) is 9.56. The maximum Gasteiger partial charge on any atom is 0.316 e. The van der Waals surface area contributed by atoms with Crippen LogP contribution in [0.4, 0.5) is 9.52 Å². The Morgan fingerprint density at radius 2 is 2.15 bits per heavy atom. The lowest BCUT2D eigenvalue weighted by Crippen LogP contribution is -2.12. The van der Waals surface area contributed by atoms with Gasteiger partial charge in [-0.05, 0) is 31.0 Å². The number of carbonyl (C=O) groups is 2. The van der Waals surface area contributed by atoms with Gasteiger partial charge >= 0.3 is 5.97 Å². The second kappa shape index (κ2) is 10.1. The van der Waals surface area contributed by atoms with Crippen LogP contribution in [0.15, 0.2) is 22.5 Å². The predicted octanol–water partition coefficient (Wildman–Crippen LogP) is 2.91. The molecule has 26 heavy (non-hydrogen) atoms. The lowest BCUT2D eigenvalue weighted by Gasteiger charge is -2.05. The summed E-state index contributed by atoms with van der Waals surface area (Å²) in [4.78, 5) is 23.3. The van der Waals surface area contributed by atoms with Crippen LogP contribution in [0.5, 0.6) is 5.75 Å². The van der Waals surface area contributed by atoms with Crippen LogP contribution in [0.25, 0.3) is 0 Å². The lowest BCUT2D eigenvalue weighted by atomic mass is 10.1. The normalized spacial score (nSPS) is 10.4. The third kappa shape index (κ3) is 6.26. The standard InChI is InChI=1S/C16H18FN3O4S2/c1-3-24-14(22)9-25-16-20-19-15(26-16)18-13(21)7-5-10-4-6-12(23-2)11(17)8-10/h4,6,8H,3,5,7,9H2,1-2H3,(H,18,19,21). The number of hydrogen-bond donors (Lipinski definition) is 1. The molecule has 0 spiro atoms. The van der Waals surface area contributed by atoms with E-state index in [0.717, 1.165) is 0 Å². The van der Waals surface area contributed by atoms with E-state index in [1.807, 2.05) is 0 Å². The molecule has 0 aliphatic carbocycles. The van der Waals surface area contributed by atoms with Gasteiger partial charge in [0.05, 0.1) is 19.5 Å². The van der Waals surface area contributed by atoms with E-state index in [2.05, 4.69) is 15.5 Å². The maximum atomic E-state index is 13.6. The number of hydrogen-bond acceptors (Lipinski definition) is 8. The summed E-state index contributed by atoms with van der Waals surface area (Å²) >= 11 is 2.37. The Morgan fingerprint density at radius 3 is 2.85 bits per heavy atom. The highest BCUT2D eigenvalue weighted by atomic mass is 32.2. The zero-order chi connectivity index (χ0) is 18.9. The quantitative estimate of drug-likeness (QED) is 0.394. The molecule has 2 rings (SSSR count). The molecular weight excluding hydrogens is 381 g/mol. The number of halogens is 1. The molecule has 1 aromatic heterocycles. The van der Waals surface area contributed by atoms with E-state index in [0.29, 0.717) is 28.1 Å². The summed E-state index contributed by atoms with van der Waals surface area (Å²) in [7, 11) is 1.40. The van der Waals surface area contributed by atoms with Gasteiger partial charge in [0.2, 0.25) is 11.0 Å². The van der Waals surface area contributed by atoms with Crippen LogP contribution in [0.3, 0.4) is 0 Å². The third-order valence-corrected chi connectivity index (χ3v) is 5.07. The van der Waals surface area contributed by atoms with Crippen molar-refractivity contribution in [3.63, 3.8) is 0 Å². The Balaban J connectivity index is 1.79. The number of esters is 1. The minimum absolute atomic E-state index is 0.138. The molecule has 1 amide bonds. The lowest BCUT2D eigenvalue weighted by molar-refractivity contribution is -0.139. The van der Waals surface area contributed by atoms with Crippen molar-refractivity contribution in [2.75, 3.05) is 24.8 Å². The van der Waals surface area contributed by atoms with E-state index < -0.39 is 5.82 Å². The van der Waals surface area contributed by atoms with E-state index in [-0.39, 0.29) is 29.8 Å². The van der Waals surface area contributed by atoms with Crippen LogP contribution in [-0.4, -0.2) is 41.5 Å². The van der Waals surface area contributed by atoms with Gasteiger partial charge in [0, 0.05) is 6.42 Å². The molecule has 0 aliphatic heterocycles. The van der Waals surface area contributed by atoms with Crippen LogP contribution < -0.4 is 10.1 Å². The van der Waals surface area contributed by atoms with Gasteiger partial charge in [0.1, 0.15) is 0 Å². The van der Waals surface area contributed by atoms with Gasteiger partial charge in [0.15, 0.2) is 15.9 Å². The Morgan fingerprint density at radius 1 is 1.35 bits per heavy atom. The minimum Gasteiger partial charge on any atom is -0.494 e. The molecule has 0 bridgehead atoms. The molecule has 0 unspecified atom stereocenters. The van der Waals surface area contributed by atoms with Gasteiger partial charge in [0.25, 0.3) is 0 Å². The highest BCUT2D eigenvalue weighted by Gasteiger charge is 2.11. The first kappa shape index (κ1) is 20.1. The third-order valence-electron chi connectivity index (χ3n) is 3.13. The average molecular weight is 399 g/mol.